The standard InChI is InChI=1S/C17H19N3O5/c18-15-11(7-6-10-4-2-1-3-5-10)8-20(17(24)19-15)16-14(23)13(22)12(9-21)25-16/h1-8,12-14,16,21-23H,9H2,(H2,18,19,24)/b7-6+/t12-,13-,14-,16?/m1/s1. The molecule has 132 valence electrons. The molecule has 1 aliphatic rings. The van der Waals surface area contributed by atoms with E-state index in [9.17, 15) is 15.0 Å². The van der Waals surface area contributed by atoms with Crippen LogP contribution in [-0.4, -0.2) is 49.8 Å². The van der Waals surface area contributed by atoms with Crippen molar-refractivity contribution in [2.45, 2.75) is 24.5 Å². The molecule has 8 heteroatoms. The lowest BCUT2D eigenvalue weighted by Crippen LogP contribution is -2.36. The van der Waals surface area contributed by atoms with Crippen LogP contribution in [0.1, 0.15) is 17.4 Å². The maximum absolute atomic E-state index is 12.1. The van der Waals surface area contributed by atoms with Gasteiger partial charge in [0.2, 0.25) is 0 Å². The Morgan fingerprint density at radius 1 is 1.20 bits per heavy atom. The van der Waals surface area contributed by atoms with Crippen molar-refractivity contribution in [1.29, 1.82) is 0 Å². The van der Waals surface area contributed by atoms with Gasteiger partial charge in [-0.3, -0.25) is 4.57 Å². The predicted octanol–water partition coefficient (Wildman–Crippen LogP) is -0.393. The van der Waals surface area contributed by atoms with Crippen LogP contribution in [0.25, 0.3) is 12.2 Å². The Hall–Kier alpha value is -2.52. The van der Waals surface area contributed by atoms with Crippen molar-refractivity contribution in [3.8, 4) is 0 Å². The molecule has 0 bridgehead atoms. The van der Waals surface area contributed by atoms with E-state index in [1.165, 1.54) is 6.20 Å². The lowest BCUT2D eigenvalue weighted by Gasteiger charge is -2.18. The largest absolute Gasteiger partial charge is 0.394 e. The van der Waals surface area contributed by atoms with Gasteiger partial charge in [-0.25, -0.2) is 4.79 Å². The summed E-state index contributed by atoms with van der Waals surface area (Å²) in [6, 6.07) is 9.49. The van der Waals surface area contributed by atoms with Gasteiger partial charge in [-0.1, -0.05) is 36.4 Å². The van der Waals surface area contributed by atoms with E-state index in [2.05, 4.69) is 4.98 Å². The Morgan fingerprint density at radius 3 is 2.56 bits per heavy atom. The van der Waals surface area contributed by atoms with E-state index in [0.717, 1.165) is 10.1 Å². The van der Waals surface area contributed by atoms with Crippen LogP contribution in [0.4, 0.5) is 5.82 Å². The molecule has 0 aliphatic carbocycles. The molecule has 5 N–H and O–H groups in total. The van der Waals surface area contributed by atoms with Gasteiger partial charge < -0.3 is 25.8 Å². The van der Waals surface area contributed by atoms with Gasteiger partial charge in [0.1, 0.15) is 24.1 Å². The maximum atomic E-state index is 12.1. The number of ether oxygens (including phenoxy) is 1. The van der Waals surface area contributed by atoms with E-state index in [-0.39, 0.29) is 5.82 Å². The summed E-state index contributed by atoms with van der Waals surface area (Å²) >= 11 is 0. The average molecular weight is 345 g/mol. The highest BCUT2D eigenvalue weighted by Crippen LogP contribution is 2.28. The monoisotopic (exact) mass is 345 g/mol. The zero-order valence-corrected chi connectivity index (χ0v) is 13.3. The Morgan fingerprint density at radius 2 is 1.92 bits per heavy atom. The number of aliphatic hydroxyl groups is 3. The molecule has 0 saturated carbocycles. The van der Waals surface area contributed by atoms with Crippen molar-refractivity contribution in [3.05, 3.63) is 58.1 Å². The number of anilines is 1. The van der Waals surface area contributed by atoms with Crippen LogP contribution in [-0.2, 0) is 4.74 Å². The van der Waals surface area contributed by atoms with E-state index in [0.29, 0.717) is 5.56 Å². The number of nitrogens with zero attached hydrogens (tertiary/aromatic N) is 2. The first-order valence-corrected chi connectivity index (χ1v) is 7.75. The summed E-state index contributed by atoms with van der Waals surface area (Å²) in [7, 11) is 0. The van der Waals surface area contributed by atoms with Crippen LogP contribution in [0.3, 0.4) is 0 Å². The van der Waals surface area contributed by atoms with Crippen LogP contribution in [0.15, 0.2) is 41.3 Å². The van der Waals surface area contributed by atoms with Gasteiger partial charge in [-0.05, 0) is 11.6 Å². The van der Waals surface area contributed by atoms with Crippen molar-refractivity contribution in [1.82, 2.24) is 9.55 Å². The molecule has 1 aromatic carbocycles. The number of nitrogen functional groups attached to an aromatic ring is 1. The third-order valence-corrected chi connectivity index (χ3v) is 4.06. The number of aliphatic hydroxyl groups excluding tert-OH is 3. The molecule has 2 aromatic rings. The highest BCUT2D eigenvalue weighted by molar-refractivity contribution is 5.73. The molecule has 1 fully saturated rings. The second-order valence-electron chi connectivity index (χ2n) is 5.74. The summed E-state index contributed by atoms with van der Waals surface area (Å²) in [6.45, 7) is -0.480. The number of hydrogen-bond donors (Lipinski definition) is 4. The maximum Gasteiger partial charge on any atom is 0.351 e. The number of hydrogen-bond acceptors (Lipinski definition) is 7. The predicted molar refractivity (Wildman–Crippen MR) is 91.3 cm³/mol. The number of aromatic nitrogens is 2. The lowest BCUT2D eigenvalue weighted by molar-refractivity contribution is -0.0549. The molecule has 0 spiro atoms. The molecule has 1 unspecified atom stereocenters. The van der Waals surface area contributed by atoms with Crippen molar-refractivity contribution < 1.29 is 20.1 Å². The summed E-state index contributed by atoms with van der Waals surface area (Å²) in [5, 5.41) is 29.1. The van der Waals surface area contributed by atoms with E-state index in [1.54, 1.807) is 12.2 Å². The summed E-state index contributed by atoms with van der Waals surface area (Å²) < 4.78 is 6.43. The molecule has 2 heterocycles. The molecule has 1 saturated heterocycles. The Kier molecular flexibility index (Phi) is 4.95. The summed E-state index contributed by atoms with van der Waals surface area (Å²) in [5.74, 6) is 0.0418. The Bertz CT molecular complexity index is 821. The molecule has 8 nitrogen and oxygen atoms in total. The highest BCUT2D eigenvalue weighted by atomic mass is 16.6. The lowest BCUT2D eigenvalue weighted by atomic mass is 10.1. The molecule has 0 radical (unpaired) electrons. The van der Waals surface area contributed by atoms with E-state index >= 15 is 0 Å². The zero-order chi connectivity index (χ0) is 18.0. The first kappa shape index (κ1) is 17.3. The molecule has 4 atom stereocenters. The minimum Gasteiger partial charge on any atom is -0.394 e. The summed E-state index contributed by atoms with van der Waals surface area (Å²) in [5.41, 5.74) is 6.48. The highest BCUT2D eigenvalue weighted by Gasteiger charge is 2.43. The Labute approximate surface area is 143 Å². The van der Waals surface area contributed by atoms with E-state index in [4.69, 9.17) is 15.6 Å². The van der Waals surface area contributed by atoms with Crippen molar-refractivity contribution >= 4 is 18.0 Å². The quantitative estimate of drug-likeness (QED) is 0.593. The third-order valence-electron chi connectivity index (χ3n) is 4.06. The molecule has 1 aliphatic heterocycles. The molecular formula is C17H19N3O5. The summed E-state index contributed by atoms with van der Waals surface area (Å²) in [6.07, 6.45) is 0.0946. The molecule has 0 amide bonds. The Balaban J connectivity index is 1.94. The zero-order valence-electron chi connectivity index (χ0n) is 13.3. The topological polar surface area (TPSA) is 131 Å². The fourth-order valence-electron chi connectivity index (χ4n) is 2.67. The van der Waals surface area contributed by atoms with Gasteiger partial charge in [0.05, 0.1) is 6.61 Å². The normalized spacial score (nSPS) is 26.4. The van der Waals surface area contributed by atoms with Crippen molar-refractivity contribution in [2.75, 3.05) is 12.3 Å². The van der Waals surface area contributed by atoms with Gasteiger partial charge in [0.25, 0.3) is 0 Å². The second-order valence-corrected chi connectivity index (χ2v) is 5.74. The molecule has 1 aromatic heterocycles. The second kappa shape index (κ2) is 7.16. The fraction of sp³-hybridized carbons (Fsp3) is 0.294. The smallest absolute Gasteiger partial charge is 0.351 e. The number of rotatable bonds is 4. The molecule has 3 rings (SSSR count). The van der Waals surface area contributed by atoms with Crippen LogP contribution >= 0.6 is 0 Å². The SMILES string of the molecule is Nc1nc(=O)n(C2O[C@H](CO)[C@@H](O)[C@H]2O)cc1/C=C/c1ccccc1. The molecule has 25 heavy (non-hydrogen) atoms. The minimum atomic E-state index is -1.37. The van der Waals surface area contributed by atoms with Gasteiger partial charge in [-0.2, -0.15) is 4.98 Å². The van der Waals surface area contributed by atoms with Gasteiger partial charge in [-0.15, -0.1) is 0 Å². The fourth-order valence-corrected chi connectivity index (χ4v) is 2.67. The van der Waals surface area contributed by atoms with Gasteiger partial charge in [0, 0.05) is 11.8 Å². The van der Waals surface area contributed by atoms with Crippen LogP contribution in [0.2, 0.25) is 0 Å². The van der Waals surface area contributed by atoms with Gasteiger partial charge in [0.15, 0.2) is 6.23 Å². The first-order valence-electron chi connectivity index (χ1n) is 7.75. The first-order chi connectivity index (χ1) is 12.0. The summed E-state index contributed by atoms with van der Waals surface area (Å²) in [4.78, 5) is 15.9. The van der Waals surface area contributed by atoms with E-state index < -0.39 is 36.8 Å². The number of nitrogens with two attached hydrogens (primary N) is 1. The van der Waals surface area contributed by atoms with Gasteiger partial charge >= 0.3 is 5.69 Å². The third kappa shape index (κ3) is 3.47. The van der Waals surface area contributed by atoms with Crippen LogP contribution in [0.5, 0.6) is 0 Å². The van der Waals surface area contributed by atoms with Crippen LogP contribution < -0.4 is 11.4 Å². The van der Waals surface area contributed by atoms with E-state index in [1.807, 2.05) is 30.3 Å². The van der Waals surface area contributed by atoms with Crippen molar-refractivity contribution in [3.63, 3.8) is 0 Å². The molecular weight excluding hydrogens is 326 g/mol. The van der Waals surface area contributed by atoms with Crippen LogP contribution in [0, 0.1) is 0 Å². The average Bonchev–Trinajstić information content (AvgIpc) is 2.90. The minimum absolute atomic E-state index is 0.0418. The van der Waals surface area contributed by atoms with Crippen molar-refractivity contribution in [2.24, 2.45) is 0 Å². The number of benzene rings is 1.